The highest BCUT2D eigenvalue weighted by Gasteiger charge is 2.31. The van der Waals surface area contributed by atoms with Gasteiger partial charge >= 0.3 is 0 Å². The molecule has 0 radical (unpaired) electrons. The number of halogens is 2. The van der Waals surface area contributed by atoms with E-state index in [-0.39, 0.29) is 49.5 Å². The highest BCUT2D eigenvalue weighted by atomic mass is 79.9. The lowest BCUT2D eigenvalue weighted by atomic mass is 10.0. The van der Waals surface area contributed by atoms with Crippen molar-refractivity contribution in [2.45, 2.75) is 58.2 Å². The van der Waals surface area contributed by atoms with Crippen LogP contribution in [0.15, 0.2) is 83.3 Å². The molecule has 7 nitrogen and oxygen atoms in total. The summed E-state index contributed by atoms with van der Waals surface area (Å²) >= 11 is 3.48. The van der Waals surface area contributed by atoms with Crippen LogP contribution in [-0.2, 0) is 32.6 Å². The molecule has 0 saturated heterocycles. The molecule has 0 aliphatic carbocycles. The molecule has 1 N–H and O–H groups in total. The van der Waals surface area contributed by atoms with Gasteiger partial charge in [-0.1, -0.05) is 77.5 Å². The van der Waals surface area contributed by atoms with E-state index >= 15 is 0 Å². The van der Waals surface area contributed by atoms with Gasteiger partial charge in [-0.05, 0) is 55.2 Å². The number of nitrogens with zero attached hydrogens (tertiary/aromatic N) is 2. The van der Waals surface area contributed by atoms with E-state index < -0.39 is 21.9 Å². The monoisotopic (exact) mass is 645 g/mol. The molecule has 2 atom stereocenters. The second-order valence-corrected chi connectivity index (χ2v) is 12.9. The summed E-state index contributed by atoms with van der Waals surface area (Å²) in [6, 6.07) is 21.8. The summed E-state index contributed by atoms with van der Waals surface area (Å²) in [5.74, 6) is -1.21. The van der Waals surface area contributed by atoms with Gasteiger partial charge in [-0.3, -0.25) is 13.9 Å². The predicted octanol–water partition coefficient (Wildman–Crippen LogP) is 5.69. The zero-order valence-electron chi connectivity index (χ0n) is 23.6. The van der Waals surface area contributed by atoms with Gasteiger partial charge in [-0.2, -0.15) is 0 Å². The van der Waals surface area contributed by atoms with Crippen molar-refractivity contribution in [1.82, 2.24) is 10.2 Å². The SMILES string of the molecule is CC[C@H](C)NC(=O)[C@@H](Cc1ccccc1)N(Cc1cccc(Br)c1)C(=O)CCCN(c1ccccc1F)S(C)(=O)=O. The van der Waals surface area contributed by atoms with E-state index in [0.717, 1.165) is 32.6 Å². The first-order valence-electron chi connectivity index (χ1n) is 13.6. The molecule has 41 heavy (non-hydrogen) atoms. The molecule has 0 saturated carbocycles. The number of benzene rings is 3. The Kier molecular flexibility index (Phi) is 11.9. The average molecular weight is 647 g/mol. The van der Waals surface area contributed by atoms with Gasteiger partial charge in [0.25, 0.3) is 0 Å². The summed E-state index contributed by atoms with van der Waals surface area (Å²) in [4.78, 5) is 29.0. The van der Waals surface area contributed by atoms with Gasteiger partial charge in [-0.25, -0.2) is 12.8 Å². The Morgan fingerprint density at radius 2 is 1.63 bits per heavy atom. The van der Waals surface area contributed by atoms with Crippen molar-refractivity contribution >= 4 is 43.5 Å². The van der Waals surface area contributed by atoms with Crippen LogP contribution in [0.2, 0.25) is 0 Å². The van der Waals surface area contributed by atoms with Crippen molar-refractivity contribution in [3.05, 3.63) is 100 Å². The Balaban J connectivity index is 1.90. The molecule has 0 bridgehead atoms. The molecule has 2 amide bonds. The first-order chi connectivity index (χ1) is 19.5. The number of carbonyl (C=O) groups is 2. The first-order valence-corrected chi connectivity index (χ1v) is 16.2. The Bertz CT molecular complexity index is 1420. The van der Waals surface area contributed by atoms with Crippen molar-refractivity contribution in [3.63, 3.8) is 0 Å². The maximum atomic E-state index is 14.5. The molecule has 0 fully saturated rings. The number of anilines is 1. The molecule has 0 aromatic heterocycles. The van der Waals surface area contributed by atoms with Crippen LogP contribution in [0.5, 0.6) is 0 Å². The fraction of sp³-hybridized carbons (Fsp3) is 0.355. The van der Waals surface area contributed by atoms with E-state index in [1.807, 2.05) is 68.4 Å². The van der Waals surface area contributed by atoms with Crippen molar-refractivity contribution in [2.24, 2.45) is 0 Å². The zero-order chi connectivity index (χ0) is 30.0. The molecule has 0 aliphatic heterocycles. The number of carbonyl (C=O) groups excluding carboxylic acids is 2. The van der Waals surface area contributed by atoms with Crippen molar-refractivity contribution in [2.75, 3.05) is 17.1 Å². The molecular formula is C31H37BrFN3O4S. The van der Waals surface area contributed by atoms with Gasteiger partial charge in [0, 0.05) is 36.4 Å². The lowest BCUT2D eigenvalue weighted by molar-refractivity contribution is -0.141. The summed E-state index contributed by atoms with van der Waals surface area (Å²) in [5.41, 5.74) is 1.68. The summed E-state index contributed by atoms with van der Waals surface area (Å²) < 4.78 is 41.3. The topological polar surface area (TPSA) is 86.8 Å². The molecule has 3 aromatic rings. The third-order valence-corrected chi connectivity index (χ3v) is 8.46. The molecule has 3 aromatic carbocycles. The lowest BCUT2D eigenvalue weighted by Crippen LogP contribution is -2.52. The smallest absolute Gasteiger partial charge is 0.243 e. The molecular weight excluding hydrogens is 609 g/mol. The molecule has 0 heterocycles. The Hall–Kier alpha value is -3.24. The highest BCUT2D eigenvalue weighted by molar-refractivity contribution is 9.10. The van der Waals surface area contributed by atoms with Gasteiger partial charge in [0.1, 0.15) is 11.9 Å². The van der Waals surface area contributed by atoms with Crippen LogP contribution < -0.4 is 9.62 Å². The number of sulfonamides is 1. The fourth-order valence-electron chi connectivity index (χ4n) is 4.46. The van der Waals surface area contributed by atoms with E-state index in [1.54, 1.807) is 11.0 Å². The fourth-order valence-corrected chi connectivity index (χ4v) is 5.88. The van der Waals surface area contributed by atoms with E-state index in [1.165, 1.54) is 18.2 Å². The van der Waals surface area contributed by atoms with Gasteiger partial charge in [0.2, 0.25) is 21.8 Å². The third kappa shape index (κ3) is 9.67. The standard InChI is InChI=1S/C31H37BrFN3O4S/c1-4-23(2)34-31(38)29(21-24-12-6-5-7-13-24)35(22-25-14-10-15-26(32)20-25)30(37)18-11-19-36(41(3,39)40)28-17-9-8-16-27(28)33/h5-10,12-17,20,23,29H,4,11,18-19,21-22H2,1-3H3,(H,34,38)/t23-,29+/m0/s1. The molecule has 0 spiro atoms. The Morgan fingerprint density at radius 3 is 2.27 bits per heavy atom. The molecule has 0 unspecified atom stereocenters. The van der Waals surface area contributed by atoms with Gasteiger partial charge in [-0.15, -0.1) is 0 Å². The minimum Gasteiger partial charge on any atom is -0.352 e. The van der Waals surface area contributed by atoms with Crippen LogP contribution in [-0.4, -0.2) is 50.0 Å². The molecule has 220 valence electrons. The van der Waals surface area contributed by atoms with Crippen LogP contribution >= 0.6 is 15.9 Å². The number of rotatable bonds is 14. The van der Waals surface area contributed by atoms with Crippen LogP contribution in [0.25, 0.3) is 0 Å². The van der Waals surface area contributed by atoms with Crippen LogP contribution in [0.4, 0.5) is 10.1 Å². The average Bonchev–Trinajstić information content (AvgIpc) is 2.93. The largest absolute Gasteiger partial charge is 0.352 e. The zero-order valence-corrected chi connectivity index (χ0v) is 26.0. The van der Waals surface area contributed by atoms with E-state index in [0.29, 0.717) is 6.42 Å². The summed E-state index contributed by atoms with van der Waals surface area (Å²) in [6.07, 6.45) is 2.17. The van der Waals surface area contributed by atoms with Crippen LogP contribution in [0.3, 0.4) is 0 Å². The lowest BCUT2D eigenvalue weighted by Gasteiger charge is -2.32. The van der Waals surface area contributed by atoms with E-state index in [2.05, 4.69) is 21.2 Å². The number of amides is 2. The quantitative estimate of drug-likeness (QED) is 0.244. The predicted molar refractivity (Wildman–Crippen MR) is 164 cm³/mol. The maximum absolute atomic E-state index is 14.5. The molecule has 3 rings (SSSR count). The highest BCUT2D eigenvalue weighted by Crippen LogP contribution is 2.23. The summed E-state index contributed by atoms with van der Waals surface area (Å²) in [7, 11) is -3.80. The number of hydrogen-bond donors (Lipinski definition) is 1. The van der Waals surface area contributed by atoms with Gasteiger partial charge < -0.3 is 10.2 Å². The number of para-hydroxylation sites is 1. The third-order valence-electron chi connectivity index (χ3n) is 6.79. The first kappa shape index (κ1) is 32.3. The van der Waals surface area contributed by atoms with Gasteiger partial charge in [0.15, 0.2) is 0 Å². The van der Waals surface area contributed by atoms with E-state index in [9.17, 15) is 22.4 Å². The van der Waals surface area contributed by atoms with Crippen molar-refractivity contribution in [1.29, 1.82) is 0 Å². The second kappa shape index (κ2) is 15.1. The molecule has 10 heteroatoms. The normalized spacial score (nSPS) is 12.8. The van der Waals surface area contributed by atoms with E-state index in [4.69, 9.17) is 0 Å². The second-order valence-electron chi connectivity index (χ2n) is 10.1. The Morgan fingerprint density at radius 1 is 0.976 bits per heavy atom. The minimum atomic E-state index is -3.80. The Labute approximate surface area is 250 Å². The number of hydrogen-bond acceptors (Lipinski definition) is 4. The van der Waals surface area contributed by atoms with Gasteiger partial charge in [0.05, 0.1) is 11.9 Å². The van der Waals surface area contributed by atoms with Crippen molar-refractivity contribution < 1.29 is 22.4 Å². The van der Waals surface area contributed by atoms with Crippen LogP contribution in [0.1, 0.15) is 44.2 Å². The van der Waals surface area contributed by atoms with Crippen LogP contribution in [0, 0.1) is 5.82 Å². The minimum absolute atomic E-state index is 0.0314. The maximum Gasteiger partial charge on any atom is 0.243 e. The number of nitrogens with one attached hydrogen (secondary N) is 1. The van der Waals surface area contributed by atoms with Crippen molar-refractivity contribution in [3.8, 4) is 0 Å². The molecule has 0 aliphatic rings. The summed E-state index contributed by atoms with van der Waals surface area (Å²) in [6.45, 7) is 4.00. The summed E-state index contributed by atoms with van der Waals surface area (Å²) in [5, 5.41) is 3.03.